The Balaban J connectivity index is 1.77. The van der Waals surface area contributed by atoms with Gasteiger partial charge in [-0.05, 0) is 44.5 Å². The number of amides is 1. The van der Waals surface area contributed by atoms with E-state index in [0.29, 0.717) is 18.1 Å². The maximum absolute atomic E-state index is 14.1. The number of fused-ring (bicyclic) bond motifs is 1. The molecule has 1 aromatic carbocycles. The molecule has 0 N–H and O–H groups in total. The van der Waals surface area contributed by atoms with Crippen molar-refractivity contribution >= 4 is 38.3 Å². The Morgan fingerprint density at radius 3 is 2.38 bits per heavy atom. The summed E-state index contributed by atoms with van der Waals surface area (Å²) >= 11 is 6.42. The van der Waals surface area contributed by atoms with Crippen LogP contribution in [-0.4, -0.2) is 34.4 Å². The molecule has 0 spiro atoms. The van der Waals surface area contributed by atoms with Crippen LogP contribution in [0.1, 0.15) is 52.8 Å². The number of hydrogen-bond donors (Lipinski definition) is 0. The van der Waals surface area contributed by atoms with Crippen LogP contribution in [0.2, 0.25) is 5.15 Å². The molecule has 0 radical (unpaired) electrons. The van der Waals surface area contributed by atoms with Crippen LogP contribution < -0.4 is 0 Å². The van der Waals surface area contributed by atoms with Crippen LogP contribution in [0.25, 0.3) is 22.4 Å². The van der Waals surface area contributed by atoms with Gasteiger partial charge in [-0.1, -0.05) is 62.7 Å². The molecule has 3 aromatic heterocycles. The second-order valence-corrected chi connectivity index (χ2v) is 14.4. The molecular weight excluding hydrogens is 506 g/mol. The first-order valence-electron chi connectivity index (χ1n) is 12.1. The molecule has 3 heterocycles. The zero-order chi connectivity index (χ0) is 27.0. The van der Waals surface area contributed by atoms with E-state index < -0.39 is 25.8 Å². The number of aromatic nitrogens is 4. The number of pyridine rings is 1. The predicted molar refractivity (Wildman–Crippen MR) is 150 cm³/mol. The van der Waals surface area contributed by atoms with Gasteiger partial charge in [-0.25, -0.2) is 19.2 Å². The van der Waals surface area contributed by atoms with Gasteiger partial charge in [-0.15, -0.1) is 0 Å². The number of carbonyl (C=O) groups is 1. The van der Waals surface area contributed by atoms with E-state index in [0.717, 1.165) is 16.6 Å². The van der Waals surface area contributed by atoms with Crippen molar-refractivity contribution in [2.75, 3.05) is 0 Å². The van der Waals surface area contributed by atoms with Crippen LogP contribution in [0.5, 0.6) is 0 Å². The number of halogens is 1. The maximum Gasteiger partial charge on any atom is 0.259 e. The average molecular weight is 538 g/mol. The van der Waals surface area contributed by atoms with Gasteiger partial charge in [0.1, 0.15) is 10.8 Å². The monoisotopic (exact) mass is 537 g/mol. The Bertz CT molecular complexity index is 1570. The Kier molecular flexibility index (Phi) is 7.27. The highest BCUT2D eigenvalue weighted by atomic mass is 35.5. The summed E-state index contributed by atoms with van der Waals surface area (Å²) in [5, 5.41) is 1.11. The lowest BCUT2D eigenvalue weighted by atomic mass is 9.96. The van der Waals surface area contributed by atoms with Gasteiger partial charge >= 0.3 is 0 Å². The van der Waals surface area contributed by atoms with Gasteiger partial charge < -0.3 is 4.57 Å². The van der Waals surface area contributed by atoms with E-state index in [2.05, 4.69) is 31.0 Å². The van der Waals surface area contributed by atoms with Crippen molar-refractivity contribution in [3.8, 4) is 11.4 Å². The van der Waals surface area contributed by atoms with E-state index in [1.54, 1.807) is 33.0 Å². The van der Waals surface area contributed by atoms with Crippen LogP contribution >= 0.6 is 11.6 Å². The summed E-state index contributed by atoms with van der Waals surface area (Å²) in [6.45, 7) is 11.4. The van der Waals surface area contributed by atoms with Gasteiger partial charge in [0, 0.05) is 40.1 Å². The molecule has 0 aliphatic carbocycles. The topological polar surface area (TPSA) is 90.1 Å². The Morgan fingerprint density at radius 2 is 1.73 bits per heavy atom. The summed E-state index contributed by atoms with van der Waals surface area (Å²) in [7, 11) is -3.02. The average Bonchev–Trinajstić information content (AvgIpc) is 3.20. The van der Waals surface area contributed by atoms with Crippen molar-refractivity contribution in [3.05, 3.63) is 77.3 Å². The van der Waals surface area contributed by atoms with Crippen molar-refractivity contribution in [2.24, 2.45) is 9.78 Å². The molecule has 0 bridgehead atoms. The third-order valence-electron chi connectivity index (χ3n) is 6.02. The minimum absolute atomic E-state index is 0.0171. The van der Waals surface area contributed by atoms with Crippen molar-refractivity contribution in [2.45, 2.75) is 58.6 Å². The summed E-state index contributed by atoms with van der Waals surface area (Å²) in [6.07, 6.45) is 3.71. The van der Waals surface area contributed by atoms with Crippen LogP contribution in [-0.2, 0) is 26.8 Å². The molecular formula is C28H32ClN5O2S. The summed E-state index contributed by atoms with van der Waals surface area (Å²) in [5.74, 6) is -0.00912. The standard InChI is InChI=1S/C28H32ClN5O2S/c1-27(2,3)26(35)33-37(36,28(4,5)6)18-20-16-23(29)32-24(31-20)21-12-14-30-25-22(21)13-15-34(25)17-19-10-8-7-9-11-19/h7-16H,17-18H2,1-6H3/t37-/m0/s1. The van der Waals surface area contributed by atoms with Crippen molar-refractivity contribution < 1.29 is 9.00 Å². The molecule has 0 saturated carbocycles. The van der Waals surface area contributed by atoms with E-state index in [9.17, 15) is 9.00 Å². The second-order valence-electron chi connectivity index (χ2n) is 11.1. The largest absolute Gasteiger partial charge is 0.328 e. The third kappa shape index (κ3) is 5.91. The Labute approximate surface area is 223 Å². The number of nitrogens with zero attached hydrogens (tertiary/aromatic N) is 5. The molecule has 1 atom stereocenters. The quantitative estimate of drug-likeness (QED) is 0.270. The molecule has 0 fully saturated rings. The lowest BCUT2D eigenvalue weighted by Gasteiger charge is -2.25. The molecule has 37 heavy (non-hydrogen) atoms. The lowest BCUT2D eigenvalue weighted by molar-refractivity contribution is -0.124. The summed E-state index contributed by atoms with van der Waals surface area (Å²) in [5.41, 5.74) is 2.46. The molecule has 194 valence electrons. The zero-order valence-corrected chi connectivity index (χ0v) is 23.6. The molecule has 4 rings (SSSR count). The molecule has 1 amide bonds. The first-order valence-corrected chi connectivity index (χ1v) is 14.1. The molecule has 9 heteroatoms. The maximum atomic E-state index is 14.1. The molecule has 0 unspecified atom stereocenters. The van der Waals surface area contributed by atoms with E-state index in [1.165, 1.54) is 5.56 Å². The summed E-state index contributed by atoms with van der Waals surface area (Å²) in [4.78, 5) is 26.5. The van der Waals surface area contributed by atoms with E-state index >= 15 is 0 Å². The van der Waals surface area contributed by atoms with Crippen molar-refractivity contribution in [1.29, 1.82) is 0 Å². The summed E-state index contributed by atoms with van der Waals surface area (Å²) in [6, 6.07) is 15.6. The van der Waals surface area contributed by atoms with Crippen molar-refractivity contribution in [1.82, 2.24) is 19.5 Å². The van der Waals surface area contributed by atoms with Crippen LogP contribution in [0.15, 0.2) is 65.3 Å². The van der Waals surface area contributed by atoms with E-state index in [-0.39, 0.29) is 10.9 Å². The minimum atomic E-state index is -3.02. The number of hydrogen-bond acceptors (Lipinski definition) is 5. The number of carbonyl (C=O) groups excluding carboxylic acids is 1. The zero-order valence-electron chi connectivity index (χ0n) is 22.0. The highest BCUT2D eigenvalue weighted by Gasteiger charge is 2.32. The Hall–Kier alpha value is -3.10. The van der Waals surface area contributed by atoms with E-state index in [4.69, 9.17) is 16.6 Å². The van der Waals surface area contributed by atoms with Gasteiger partial charge in [-0.2, -0.15) is 4.36 Å². The fourth-order valence-electron chi connectivity index (χ4n) is 3.71. The first-order chi connectivity index (χ1) is 17.3. The fraction of sp³-hybridized carbons (Fsp3) is 0.357. The van der Waals surface area contributed by atoms with Gasteiger partial charge in [-0.3, -0.25) is 4.79 Å². The molecule has 7 nitrogen and oxygen atoms in total. The van der Waals surface area contributed by atoms with Crippen LogP contribution in [0.3, 0.4) is 0 Å². The summed E-state index contributed by atoms with van der Waals surface area (Å²) < 4.78 is 19.6. The van der Waals surface area contributed by atoms with Gasteiger partial charge in [0.15, 0.2) is 5.82 Å². The molecule has 4 aromatic rings. The Morgan fingerprint density at radius 1 is 1.03 bits per heavy atom. The van der Waals surface area contributed by atoms with Gasteiger partial charge in [0.05, 0.1) is 21.2 Å². The highest BCUT2D eigenvalue weighted by molar-refractivity contribution is 7.94. The first kappa shape index (κ1) is 26.9. The van der Waals surface area contributed by atoms with Crippen LogP contribution in [0, 0.1) is 5.41 Å². The number of benzene rings is 1. The van der Waals surface area contributed by atoms with Crippen LogP contribution in [0.4, 0.5) is 0 Å². The smallest absolute Gasteiger partial charge is 0.259 e. The second kappa shape index (κ2) is 9.99. The minimum Gasteiger partial charge on any atom is -0.328 e. The van der Waals surface area contributed by atoms with Gasteiger partial charge in [0.2, 0.25) is 0 Å². The highest BCUT2D eigenvalue weighted by Crippen LogP contribution is 2.30. The van der Waals surface area contributed by atoms with Gasteiger partial charge in [0.25, 0.3) is 5.91 Å². The number of rotatable bonds is 5. The predicted octanol–water partition coefficient (Wildman–Crippen LogP) is 6.53. The lowest BCUT2D eigenvalue weighted by Crippen LogP contribution is -2.32. The molecule has 0 aliphatic heterocycles. The third-order valence-corrected chi connectivity index (χ3v) is 9.27. The van der Waals surface area contributed by atoms with E-state index in [1.807, 2.05) is 57.3 Å². The molecule has 0 aliphatic rings. The molecule has 0 saturated heterocycles. The van der Waals surface area contributed by atoms with Crippen molar-refractivity contribution in [3.63, 3.8) is 0 Å². The SMILES string of the molecule is CC(C)(C)C(=O)N=[S@](=O)(Cc1cc(Cl)nc(-c2ccnc3c2ccn3Cc2ccccc2)n1)C(C)(C)C. The fourth-order valence-corrected chi connectivity index (χ4v) is 5.78. The normalized spacial score (nSPS) is 13.9.